The molecular formula is C12H15BrO5. The van der Waals surface area contributed by atoms with Gasteiger partial charge in [0.2, 0.25) is 0 Å². The topological polar surface area (TPSA) is 76.0 Å². The molecule has 18 heavy (non-hydrogen) atoms. The minimum atomic E-state index is -1.24. The molecular weight excluding hydrogens is 304 g/mol. The number of carbonyl (C=O) groups excluding carboxylic acids is 1. The predicted octanol–water partition coefficient (Wildman–Crippen LogP) is 1.42. The first-order valence-corrected chi connectivity index (χ1v) is 6.05. The van der Waals surface area contributed by atoms with Gasteiger partial charge in [-0.05, 0) is 12.1 Å². The number of halogens is 1. The Morgan fingerprint density at radius 1 is 1.39 bits per heavy atom. The standard InChI is InChI=1S/C12H15BrO5/c1-17-10-5-7(13)3-4-8(10)12(16)9(14)6-11(15)18-2/h3-5,9,12,14,16H,6H2,1-2H3. The Morgan fingerprint density at radius 2 is 2.06 bits per heavy atom. The zero-order chi connectivity index (χ0) is 13.7. The summed E-state index contributed by atoms with van der Waals surface area (Å²) < 4.78 is 10.3. The lowest BCUT2D eigenvalue weighted by Crippen LogP contribution is -2.23. The smallest absolute Gasteiger partial charge is 0.308 e. The van der Waals surface area contributed by atoms with Crippen LogP contribution in [-0.4, -0.2) is 36.5 Å². The van der Waals surface area contributed by atoms with E-state index in [4.69, 9.17) is 4.74 Å². The first kappa shape index (κ1) is 14.9. The number of carbonyl (C=O) groups is 1. The van der Waals surface area contributed by atoms with Gasteiger partial charge in [0.1, 0.15) is 11.9 Å². The van der Waals surface area contributed by atoms with Gasteiger partial charge >= 0.3 is 5.97 Å². The SMILES string of the molecule is COC(=O)CC(O)C(O)c1ccc(Br)cc1OC. The Bertz CT molecular complexity index is 421. The maximum Gasteiger partial charge on any atom is 0.308 e. The average molecular weight is 319 g/mol. The molecule has 100 valence electrons. The van der Waals surface area contributed by atoms with E-state index < -0.39 is 18.2 Å². The molecule has 0 radical (unpaired) electrons. The summed E-state index contributed by atoms with van der Waals surface area (Å²) in [6, 6.07) is 5.00. The van der Waals surface area contributed by atoms with E-state index in [0.29, 0.717) is 11.3 Å². The number of hydrogen-bond acceptors (Lipinski definition) is 5. The molecule has 6 heteroatoms. The zero-order valence-corrected chi connectivity index (χ0v) is 11.7. The molecule has 0 aliphatic carbocycles. The van der Waals surface area contributed by atoms with Crippen molar-refractivity contribution in [1.29, 1.82) is 0 Å². The largest absolute Gasteiger partial charge is 0.496 e. The lowest BCUT2D eigenvalue weighted by molar-refractivity contribution is -0.144. The molecule has 0 aromatic heterocycles. The zero-order valence-electron chi connectivity index (χ0n) is 10.1. The van der Waals surface area contributed by atoms with Crippen LogP contribution < -0.4 is 4.74 Å². The van der Waals surface area contributed by atoms with Gasteiger partial charge in [-0.25, -0.2) is 0 Å². The highest BCUT2D eigenvalue weighted by atomic mass is 79.9. The van der Waals surface area contributed by atoms with E-state index >= 15 is 0 Å². The maximum absolute atomic E-state index is 11.0. The molecule has 5 nitrogen and oxygen atoms in total. The third kappa shape index (κ3) is 3.69. The normalized spacial score (nSPS) is 13.8. The molecule has 0 heterocycles. The van der Waals surface area contributed by atoms with Crippen molar-refractivity contribution in [2.75, 3.05) is 14.2 Å². The molecule has 0 saturated carbocycles. The number of hydrogen-bond donors (Lipinski definition) is 2. The third-order valence-corrected chi connectivity index (χ3v) is 2.98. The van der Waals surface area contributed by atoms with Gasteiger partial charge in [0, 0.05) is 10.0 Å². The maximum atomic E-state index is 11.0. The molecule has 2 N–H and O–H groups in total. The summed E-state index contributed by atoms with van der Waals surface area (Å²) in [6.45, 7) is 0. The molecule has 1 rings (SSSR count). The summed E-state index contributed by atoms with van der Waals surface area (Å²) in [6.07, 6.45) is -2.74. The molecule has 0 fully saturated rings. The summed E-state index contributed by atoms with van der Waals surface area (Å²) in [7, 11) is 2.69. The average Bonchev–Trinajstić information content (AvgIpc) is 2.37. The van der Waals surface area contributed by atoms with Crippen LogP contribution in [0.3, 0.4) is 0 Å². The van der Waals surface area contributed by atoms with Crippen molar-refractivity contribution in [3.63, 3.8) is 0 Å². The second-order valence-corrected chi connectivity index (χ2v) is 4.59. The first-order chi connectivity index (χ1) is 8.49. The Morgan fingerprint density at radius 3 is 2.61 bits per heavy atom. The van der Waals surface area contributed by atoms with Gasteiger partial charge in [-0.15, -0.1) is 0 Å². The predicted molar refractivity (Wildman–Crippen MR) is 68.3 cm³/mol. The number of methoxy groups -OCH3 is 2. The van der Waals surface area contributed by atoms with Gasteiger partial charge in [-0.3, -0.25) is 4.79 Å². The summed E-state index contributed by atoms with van der Waals surface area (Å²) in [5, 5.41) is 19.7. The molecule has 0 amide bonds. The van der Waals surface area contributed by atoms with Gasteiger partial charge in [0.05, 0.1) is 26.7 Å². The van der Waals surface area contributed by atoms with Crippen LogP contribution in [0.5, 0.6) is 5.75 Å². The number of aliphatic hydroxyl groups excluding tert-OH is 2. The molecule has 1 aromatic rings. The van der Waals surface area contributed by atoms with E-state index in [0.717, 1.165) is 4.47 Å². The Kier molecular flexibility index (Phi) is 5.58. The van der Waals surface area contributed by atoms with E-state index in [9.17, 15) is 15.0 Å². The second kappa shape index (κ2) is 6.72. The van der Waals surface area contributed by atoms with E-state index in [1.54, 1.807) is 18.2 Å². The number of benzene rings is 1. The van der Waals surface area contributed by atoms with Crippen molar-refractivity contribution >= 4 is 21.9 Å². The molecule has 0 saturated heterocycles. The van der Waals surface area contributed by atoms with Crippen LogP contribution in [0.1, 0.15) is 18.1 Å². The lowest BCUT2D eigenvalue weighted by Gasteiger charge is -2.19. The molecule has 2 atom stereocenters. The van der Waals surface area contributed by atoms with Crippen LogP contribution in [0.2, 0.25) is 0 Å². The fourth-order valence-electron chi connectivity index (χ4n) is 1.50. The van der Waals surface area contributed by atoms with Crippen LogP contribution in [0.15, 0.2) is 22.7 Å². The monoisotopic (exact) mass is 318 g/mol. The van der Waals surface area contributed by atoms with Gasteiger partial charge in [0.25, 0.3) is 0 Å². The quantitative estimate of drug-likeness (QED) is 0.803. The van der Waals surface area contributed by atoms with E-state index in [-0.39, 0.29) is 6.42 Å². The fraction of sp³-hybridized carbons (Fsp3) is 0.417. The summed E-state index contributed by atoms with van der Waals surface area (Å²) in [4.78, 5) is 11.0. The third-order valence-electron chi connectivity index (χ3n) is 2.48. The molecule has 0 aliphatic rings. The van der Waals surface area contributed by atoms with Crippen LogP contribution in [0.4, 0.5) is 0 Å². The molecule has 1 aromatic carbocycles. The van der Waals surface area contributed by atoms with E-state index in [1.807, 2.05) is 0 Å². The summed E-state index contributed by atoms with van der Waals surface area (Å²) in [5.74, 6) is -0.154. The van der Waals surface area contributed by atoms with E-state index in [2.05, 4.69) is 20.7 Å². The minimum Gasteiger partial charge on any atom is -0.496 e. The molecule has 0 spiro atoms. The van der Waals surface area contributed by atoms with Crippen LogP contribution in [0, 0.1) is 0 Å². The van der Waals surface area contributed by atoms with Crippen molar-refractivity contribution in [3.8, 4) is 5.75 Å². The van der Waals surface area contributed by atoms with Crippen LogP contribution in [0.25, 0.3) is 0 Å². The molecule has 0 bridgehead atoms. The van der Waals surface area contributed by atoms with Crippen LogP contribution in [-0.2, 0) is 9.53 Å². The second-order valence-electron chi connectivity index (χ2n) is 3.68. The number of esters is 1. The van der Waals surface area contributed by atoms with Crippen molar-refractivity contribution < 1.29 is 24.5 Å². The number of aliphatic hydroxyl groups is 2. The van der Waals surface area contributed by atoms with Gasteiger partial charge < -0.3 is 19.7 Å². The Labute approximate surface area is 113 Å². The first-order valence-electron chi connectivity index (χ1n) is 5.26. The van der Waals surface area contributed by atoms with E-state index in [1.165, 1.54) is 14.2 Å². The van der Waals surface area contributed by atoms with Crippen molar-refractivity contribution in [1.82, 2.24) is 0 Å². The fourth-order valence-corrected chi connectivity index (χ4v) is 1.84. The van der Waals surface area contributed by atoms with Gasteiger partial charge in [-0.2, -0.15) is 0 Å². The highest BCUT2D eigenvalue weighted by molar-refractivity contribution is 9.10. The summed E-state index contributed by atoms with van der Waals surface area (Å²) in [5.41, 5.74) is 0.414. The Balaban J connectivity index is 2.89. The van der Waals surface area contributed by atoms with Crippen LogP contribution >= 0.6 is 15.9 Å². The van der Waals surface area contributed by atoms with Gasteiger partial charge in [0.15, 0.2) is 0 Å². The molecule has 2 unspecified atom stereocenters. The number of ether oxygens (including phenoxy) is 2. The highest BCUT2D eigenvalue weighted by Gasteiger charge is 2.24. The van der Waals surface area contributed by atoms with Crippen molar-refractivity contribution in [2.24, 2.45) is 0 Å². The van der Waals surface area contributed by atoms with Crippen molar-refractivity contribution in [2.45, 2.75) is 18.6 Å². The van der Waals surface area contributed by atoms with Gasteiger partial charge in [-0.1, -0.05) is 22.0 Å². The van der Waals surface area contributed by atoms with Crippen molar-refractivity contribution in [3.05, 3.63) is 28.2 Å². The molecule has 0 aliphatic heterocycles. The summed E-state index contributed by atoms with van der Waals surface area (Å²) >= 11 is 3.28. The minimum absolute atomic E-state index is 0.281. The highest BCUT2D eigenvalue weighted by Crippen LogP contribution is 2.31. The lowest BCUT2D eigenvalue weighted by atomic mass is 10.0. The Hall–Kier alpha value is -1.11. The number of rotatable bonds is 5.